The molecule has 0 amide bonds. The van der Waals surface area contributed by atoms with Crippen molar-refractivity contribution in [3.8, 4) is 6.07 Å². The molecule has 32 heavy (non-hydrogen) atoms. The van der Waals surface area contributed by atoms with E-state index in [1.807, 2.05) is 44.2 Å². The number of carbonyl (C=O) groups is 1. The lowest BCUT2D eigenvalue weighted by Crippen LogP contribution is -2.42. The van der Waals surface area contributed by atoms with E-state index in [0.717, 1.165) is 5.56 Å². The Hall–Kier alpha value is -1.75. The number of hydrogen-bond donors (Lipinski definition) is 1. The first-order valence-corrected chi connectivity index (χ1v) is 12.2. The fourth-order valence-electron chi connectivity index (χ4n) is 3.01. The summed E-state index contributed by atoms with van der Waals surface area (Å²) in [6, 6.07) is 11.9. The van der Waals surface area contributed by atoms with Crippen molar-refractivity contribution in [2.24, 2.45) is 0 Å². The molecular formula is C23H38N3O5P. The fourth-order valence-corrected chi connectivity index (χ4v) is 4.66. The molecule has 0 saturated heterocycles. The third-order valence-electron chi connectivity index (χ3n) is 4.22. The zero-order valence-corrected chi connectivity index (χ0v) is 21.0. The average Bonchev–Trinajstić information content (AvgIpc) is 2.73. The van der Waals surface area contributed by atoms with Crippen molar-refractivity contribution in [1.82, 2.24) is 9.99 Å². The van der Waals surface area contributed by atoms with Gasteiger partial charge in [0.15, 0.2) is 0 Å². The highest BCUT2D eigenvalue weighted by atomic mass is 31.2. The van der Waals surface area contributed by atoms with E-state index in [1.54, 1.807) is 0 Å². The summed E-state index contributed by atoms with van der Waals surface area (Å²) in [5, 5.41) is 12.2. The highest BCUT2D eigenvalue weighted by molar-refractivity contribution is 7.44. The first kappa shape index (κ1) is 28.3. The SMILES string of the molecule is CC(C)NC(COC(=O)OCc1ccccc1)COP(OCCC#N)N(C(C)C)C(C)C. The highest BCUT2D eigenvalue weighted by Crippen LogP contribution is 2.46. The largest absolute Gasteiger partial charge is 0.508 e. The van der Waals surface area contributed by atoms with Crippen molar-refractivity contribution in [1.29, 1.82) is 5.26 Å². The summed E-state index contributed by atoms with van der Waals surface area (Å²) in [6.07, 6.45) is -0.418. The second-order valence-electron chi connectivity index (χ2n) is 8.20. The molecular weight excluding hydrogens is 429 g/mol. The molecule has 2 atom stereocenters. The maximum Gasteiger partial charge on any atom is 0.508 e. The number of nitrogens with one attached hydrogen (secondary N) is 1. The molecule has 1 aromatic rings. The number of ether oxygens (including phenoxy) is 2. The van der Waals surface area contributed by atoms with Crippen molar-refractivity contribution in [3.05, 3.63) is 35.9 Å². The number of benzene rings is 1. The van der Waals surface area contributed by atoms with Crippen LogP contribution in [0.25, 0.3) is 0 Å². The molecule has 0 bridgehead atoms. The first-order chi connectivity index (χ1) is 15.2. The van der Waals surface area contributed by atoms with Crippen molar-refractivity contribution in [3.63, 3.8) is 0 Å². The fraction of sp³-hybridized carbons (Fsp3) is 0.652. The lowest BCUT2D eigenvalue weighted by molar-refractivity contribution is 0.0373. The smallest absolute Gasteiger partial charge is 0.433 e. The van der Waals surface area contributed by atoms with Crippen molar-refractivity contribution in [2.75, 3.05) is 19.8 Å². The Kier molecular flexibility index (Phi) is 14.1. The Balaban J connectivity index is 2.65. The molecule has 0 fully saturated rings. The van der Waals surface area contributed by atoms with Gasteiger partial charge in [-0.1, -0.05) is 44.2 Å². The van der Waals surface area contributed by atoms with Gasteiger partial charge in [-0.2, -0.15) is 5.26 Å². The Morgan fingerprint density at radius 2 is 1.69 bits per heavy atom. The zero-order chi connectivity index (χ0) is 23.9. The Bertz CT molecular complexity index is 674. The molecule has 8 nitrogen and oxygen atoms in total. The standard InChI is InChI=1S/C23H38N3O5P/c1-18(2)25-22(16-29-23(27)28-15-21-11-8-7-9-12-21)17-31-32(30-14-10-13-24)26(19(3)4)20(5)6/h7-9,11-12,18-20,22,25H,10,14-17H2,1-6H3. The number of carbonyl (C=O) groups excluding carboxylic acids is 1. The quantitative estimate of drug-likeness (QED) is 0.219. The van der Waals surface area contributed by atoms with Gasteiger partial charge in [-0.3, -0.25) is 0 Å². The third-order valence-corrected chi connectivity index (χ3v) is 6.29. The third kappa shape index (κ3) is 11.8. The molecule has 0 radical (unpaired) electrons. The Morgan fingerprint density at radius 3 is 2.25 bits per heavy atom. The van der Waals surface area contributed by atoms with E-state index in [9.17, 15) is 4.79 Å². The van der Waals surface area contributed by atoms with E-state index in [4.69, 9.17) is 23.8 Å². The predicted molar refractivity (Wildman–Crippen MR) is 126 cm³/mol. The van der Waals surface area contributed by atoms with Gasteiger partial charge in [0.25, 0.3) is 8.53 Å². The van der Waals surface area contributed by atoms with E-state index in [-0.39, 0.29) is 37.4 Å². The molecule has 0 spiro atoms. The number of nitrogens with zero attached hydrogens (tertiary/aromatic N) is 2. The second kappa shape index (κ2) is 16.0. The van der Waals surface area contributed by atoms with Gasteiger partial charge >= 0.3 is 6.16 Å². The topological polar surface area (TPSA) is 93.0 Å². The lowest BCUT2D eigenvalue weighted by atomic mass is 10.2. The highest BCUT2D eigenvalue weighted by Gasteiger charge is 2.28. The van der Waals surface area contributed by atoms with Crippen LogP contribution < -0.4 is 5.32 Å². The zero-order valence-electron chi connectivity index (χ0n) is 20.1. The molecule has 0 heterocycles. The Morgan fingerprint density at radius 1 is 1.03 bits per heavy atom. The summed E-state index contributed by atoms with van der Waals surface area (Å²) in [5.41, 5.74) is 0.896. The van der Waals surface area contributed by atoms with Crippen LogP contribution in [0.2, 0.25) is 0 Å². The minimum absolute atomic E-state index is 0.108. The van der Waals surface area contributed by atoms with E-state index in [0.29, 0.717) is 19.6 Å². The maximum absolute atomic E-state index is 12.0. The van der Waals surface area contributed by atoms with Gasteiger partial charge in [0.2, 0.25) is 0 Å². The second-order valence-corrected chi connectivity index (χ2v) is 9.65. The number of rotatable bonds is 15. The molecule has 0 aromatic heterocycles. The van der Waals surface area contributed by atoms with E-state index in [1.165, 1.54) is 0 Å². The van der Waals surface area contributed by atoms with Crippen LogP contribution in [0.3, 0.4) is 0 Å². The maximum atomic E-state index is 12.0. The number of hydrogen-bond acceptors (Lipinski definition) is 8. The van der Waals surface area contributed by atoms with Crippen molar-refractivity contribution < 1.29 is 23.3 Å². The molecule has 2 unspecified atom stereocenters. The van der Waals surface area contributed by atoms with Crippen LogP contribution in [-0.4, -0.2) is 54.8 Å². The van der Waals surface area contributed by atoms with E-state index < -0.39 is 14.7 Å². The van der Waals surface area contributed by atoms with Crippen LogP contribution >= 0.6 is 8.53 Å². The van der Waals surface area contributed by atoms with Crippen LogP contribution in [0, 0.1) is 11.3 Å². The van der Waals surface area contributed by atoms with Gasteiger partial charge in [-0.05, 0) is 33.3 Å². The van der Waals surface area contributed by atoms with Crippen LogP contribution in [0.15, 0.2) is 30.3 Å². The molecule has 0 aliphatic carbocycles. The van der Waals surface area contributed by atoms with Crippen LogP contribution in [-0.2, 0) is 25.1 Å². The normalized spacial score (nSPS) is 13.4. The summed E-state index contributed by atoms with van der Waals surface area (Å²) in [7, 11) is -1.36. The molecule has 9 heteroatoms. The molecule has 0 aliphatic heterocycles. The summed E-state index contributed by atoms with van der Waals surface area (Å²) < 4.78 is 24.8. The summed E-state index contributed by atoms with van der Waals surface area (Å²) in [4.78, 5) is 12.0. The van der Waals surface area contributed by atoms with Gasteiger partial charge in [0.1, 0.15) is 13.2 Å². The van der Waals surface area contributed by atoms with Gasteiger partial charge < -0.3 is 23.8 Å². The van der Waals surface area contributed by atoms with Crippen molar-refractivity contribution in [2.45, 2.75) is 78.7 Å². The summed E-state index contributed by atoms with van der Waals surface area (Å²) in [5.74, 6) is 0. The molecule has 1 N–H and O–H groups in total. The van der Waals surface area contributed by atoms with Gasteiger partial charge in [0.05, 0.1) is 31.7 Å². The average molecular weight is 468 g/mol. The summed E-state index contributed by atoms with van der Waals surface area (Å²) >= 11 is 0. The van der Waals surface area contributed by atoms with E-state index >= 15 is 0 Å². The van der Waals surface area contributed by atoms with Gasteiger partial charge in [0, 0.05) is 18.1 Å². The van der Waals surface area contributed by atoms with Crippen molar-refractivity contribution >= 4 is 14.7 Å². The Labute approximate surface area is 194 Å². The first-order valence-electron chi connectivity index (χ1n) is 11.0. The monoisotopic (exact) mass is 467 g/mol. The molecule has 0 saturated carbocycles. The molecule has 1 rings (SSSR count). The predicted octanol–water partition coefficient (Wildman–Crippen LogP) is 5.00. The minimum Gasteiger partial charge on any atom is -0.433 e. The van der Waals surface area contributed by atoms with Gasteiger partial charge in [-0.15, -0.1) is 0 Å². The van der Waals surface area contributed by atoms with E-state index in [2.05, 4.69) is 43.8 Å². The summed E-state index contributed by atoms with van der Waals surface area (Å²) in [6.45, 7) is 13.2. The molecule has 180 valence electrons. The van der Waals surface area contributed by atoms with Crippen LogP contribution in [0.5, 0.6) is 0 Å². The van der Waals surface area contributed by atoms with Crippen LogP contribution in [0.1, 0.15) is 53.5 Å². The minimum atomic E-state index is -1.36. The van der Waals surface area contributed by atoms with Crippen LogP contribution in [0.4, 0.5) is 4.79 Å². The lowest BCUT2D eigenvalue weighted by Gasteiger charge is -2.36. The molecule has 1 aromatic carbocycles. The number of nitriles is 1. The molecule has 0 aliphatic rings. The van der Waals surface area contributed by atoms with Gasteiger partial charge in [-0.25, -0.2) is 9.46 Å².